The highest BCUT2D eigenvalue weighted by Crippen LogP contribution is 2.09. The van der Waals surface area contributed by atoms with E-state index in [0.29, 0.717) is 6.42 Å². The second-order valence-electron chi connectivity index (χ2n) is 3.61. The molecule has 0 aromatic heterocycles. The van der Waals surface area contributed by atoms with Gasteiger partial charge in [0.2, 0.25) is 0 Å². The third-order valence-corrected chi connectivity index (χ3v) is 1.96. The average molecular weight is 180 g/mol. The summed E-state index contributed by atoms with van der Waals surface area (Å²) in [4.78, 5) is 10.1. The predicted octanol–water partition coefficient (Wildman–Crippen LogP) is 3.66. The fourth-order valence-electron chi connectivity index (χ4n) is 1.13. The van der Waals surface area contributed by atoms with Crippen molar-refractivity contribution in [2.75, 3.05) is 0 Å². The Bertz CT molecular complexity index is 189. The zero-order chi connectivity index (χ0) is 10.1. The van der Waals surface area contributed by atoms with Crippen molar-refractivity contribution in [3.8, 4) is 0 Å². The summed E-state index contributed by atoms with van der Waals surface area (Å²) in [7, 11) is 0. The molecule has 0 N–H and O–H groups in total. The Morgan fingerprint density at radius 1 is 1.23 bits per heavy atom. The molecule has 0 amide bonds. The summed E-state index contributed by atoms with van der Waals surface area (Å²) in [5, 5.41) is 0. The predicted molar refractivity (Wildman–Crippen MR) is 57.7 cm³/mol. The molecule has 0 unspecified atom stereocenters. The smallest absolute Gasteiger partial charge is 0.120 e. The van der Waals surface area contributed by atoms with E-state index in [0.717, 1.165) is 32.0 Å². The van der Waals surface area contributed by atoms with Crippen LogP contribution in [0.1, 0.15) is 46.0 Å². The molecule has 0 aliphatic rings. The van der Waals surface area contributed by atoms with Crippen LogP contribution in [0.3, 0.4) is 0 Å². The Labute approximate surface area is 81.5 Å². The van der Waals surface area contributed by atoms with Crippen LogP contribution in [0.4, 0.5) is 0 Å². The van der Waals surface area contributed by atoms with Crippen molar-refractivity contribution in [2.24, 2.45) is 0 Å². The first-order valence-corrected chi connectivity index (χ1v) is 4.90. The number of carbonyl (C=O) groups excluding carboxylic acids is 1. The van der Waals surface area contributed by atoms with Gasteiger partial charge in [0, 0.05) is 6.42 Å². The van der Waals surface area contributed by atoms with E-state index in [9.17, 15) is 4.79 Å². The molecule has 0 spiro atoms. The third-order valence-electron chi connectivity index (χ3n) is 1.96. The lowest BCUT2D eigenvalue weighted by molar-refractivity contribution is -0.107. The molecule has 0 aliphatic carbocycles. The highest BCUT2D eigenvalue weighted by molar-refractivity contribution is 5.49. The molecule has 1 nitrogen and oxygen atoms in total. The van der Waals surface area contributed by atoms with Crippen LogP contribution in [0.2, 0.25) is 0 Å². The Morgan fingerprint density at radius 2 is 1.92 bits per heavy atom. The maximum absolute atomic E-state index is 10.1. The van der Waals surface area contributed by atoms with Gasteiger partial charge in [-0.1, -0.05) is 17.2 Å². The van der Waals surface area contributed by atoms with Gasteiger partial charge in [0.1, 0.15) is 6.29 Å². The summed E-state index contributed by atoms with van der Waals surface area (Å²) in [5.74, 6) is 0. The van der Waals surface area contributed by atoms with Gasteiger partial charge in [0.25, 0.3) is 0 Å². The molecular weight excluding hydrogens is 160 g/mol. The first-order chi connectivity index (χ1) is 6.16. The zero-order valence-electron chi connectivity index (χ0n) is 8.81. The van der Waals surface area contributed by atoms with Gasteiger partial charge in [-0.2, -0.15) is 0 Å². The molecule has 0 atom stereocenters. The van der Waals surface area contributed by atoms with Gasteiger partial charge < -0.3 is 4.79 Å². The van der Waals surface area contributed by atoms with Crippen LogP contribution in [-0.4, -0.2) is 6.29 Å². The van der Waals surface area contributed by atoms with Crippen molar-refractivity contribution in [3.05, 3.63) is 23.8 Å². The minimum atomic E-state index is 0.686. The van der Waals surface area contributed by atoms with Crippen molar-refractivity contribution < 1.29 is 4.79 Å². The van der Waals surface area contributed by atoms with Crippen molar-refractivity contribution >= 4 is 6.29 Å². The van der Waals surface area contributed by atoms with Crippen LogP contribution in [-0.2, 0) is 4.79 Å². The van der Waals surface area contributed by atoms with Crippen molar-refractivity contribution in [1.29, 1.82) is 0 Å². The van der Waals surface area contributed by atoms with Crippen LogP contribution in [0, 0.1) is 0 Å². The molecule has 0 aliphatic heterocycles. The van der Waals surface area contributed by atoms with Gasteiger partial charge in [-0.05, 0) is 39.5 Å². The van der Waals surface area contributed by atoms with Gasteiger partial charge in [0.15, 0.2) is 0 Å². The number of unbranched alkanes of at least 4 members (excludes halogenated alkanes) is 1. The fourth-order valence-corrected chi connectivity index (χ4v) is 1.13. The van der Waals surface area contributed by atoms with Gasteiger partial charge in [-0.25, -0.2) is 0 Å². The van der Waals surface area contributed by atoms with Gasteiger partial charge in [-0.3, -0.25) is 0 Å². The largest absolute Gasteiger partial charge is 0.303 e. The van der Waals surface area contributed by atoms with Gasteiger partial charge >= 0.3 is 0 Å². The molecule has 0 radical (unpaired) electrons. The van der Waals surface area contributed by atoms with E-state index in [1.165, 1.54) is 11.1 Å². The van der Waals surface area contributed by atoms with E-state index >= 15 is 0 Å². The molecule has 1 heteroatoms. The van der Waals surface area contributed by atoms with Crippen molar-refractivity contribution in [2.45, 2.75) is 46.0 Å². The van der Waals surface area contributed by atoms with E-state index in [-0.39, 0.29) is 0 Å². The summed E-state index contributed by atoms with van der Waals surface area (Å²) in [6, 6.07) is 0. The molecule has 0 heterocycles. The molecule has 74 valence electrons. The van der Waals surface area contributed by atoms with E-state index in [4.69, 9.17) is 0 Å². The highest BCUT2D eigenvalue weighted by Gasteiger charge is 1.90. The summed E-state index contributed by atoms with van der Waals surface area (Å²) >= 11 is 0. The Morgan fingerprint density at radius 3 is 2.46 bits per heavy atom. The average Bonchev–Trinajstić information content (AvgIpc) is 2.04. The number of allylic oxidation sites excluding steroid dienone is 3. The van der Waals surface area contributed by atoms with Crippen molar-refractivity contribution in [3.63, 3.8) is 0 Å². The lowest BCUT2D eigenvalue weighted by atomic mass is 10.1. The Hall–Kier alpha value is -0.850. The fraction of sp³-hybridized carbons (Fsp3) is 0.583. The second kappa shape index (κ2) is 7.78. The topological polar surface area (TPSA) is 17.1 Å². The number of aldehydes is 1. The third kappa shape index (κ3) is 9.06. The van der Waals surface area contributed by atoms with Gasteiger partial charge in [-0.15, -0.1) is 6.58 Å². The summed E-state index contributed by atoms with van der Waals surface area (Å²) in [5.41, 5.74) is 2.63. The Balaban J connectivity index is 3.50. The molecule has 0 saturated carbocycles. The molecule has 0 rings (SSSR count). The number of rotatable bonds is 7. The zero-order valence-corrected chi connectivity index (χ0v) is 8.81. The minimum absolute atomic E-state index is 0.686. The molecule has 0 bridgehead atoms. The van der Waals surface area contributed by atoms with Crippen LogP contribution in [0.15, 0.2) is 23.8 Å². The SMILES string of the molecule is C=C(C)CC/C=C(\C)CCCC=O. The lowest BCUT2D eigenvalue weighted by Crippen LogP contribution is -1.81. The molecule has 0 aromatic rings. The number of hydrogen-bond donors (Lipinski definition) is 0. The van der Waals surface area contributed by atoms with E-state index < -0.39 is 0 Å². The standard InChI is InChI=1S/C12H20O/c1-11(2)7-6-9-12(3)8-4-5-10-13/h9-10H,1,4-8H2,2-3H3/b12-9+. The van der Waals surface area contributed by atoms with Crippen LogP contribution in [0.25, 0.3) is 0 Å². The first-order valence-electron chi connectivity index (χ1n) is 4.90. The molecule has 0 fully saturated rings. The lowest BCUT2D eigenvalue weighted by Gasteiger charge is -1.99. The van der Waals surface area contributed by atoms with Gasteiger partial charge in [0.05, 0.1) is 0 Å². The summed E-state index contributed by atoms with van der Waals surface area (Å²) in [6.45, 7) is 8.03. The molecule has 0 aromatic carbocycles. The minimum Gasteiger partial charge on any atom is -0.303 e. The number of carbonyl (C=O) groups is 1. The van der Waals surface area contributed by atoms with Crippen LogP contribution >= 0.6 is 0 Å². The van der Waals surface area contributed by atoms with Crippen LogP contribution in [0.5, 0.6) is 0 Å². The molecule has 13 heavy (non-hydrogen) atoms. The number of hydrogen-bond acceptors (Lipinski definition) is 1. The molecular formula is C12H20O. The normalized spacial score (nSPS) is 11.4. The van der Waals surface area contributed by atoms with E-state index in [2.05, 4.69) is 26.5 Å². The van der Waals surface area contributed by atoms with Crippen LogP contribution < -0.4 is 0 Å². The summed E-state index contributed by atoms with van der Waals surface area (Å²) < 4.78 is 0. The molecule has 0 saturated heterocycles. The summed E-state index contributed by atoms with van der Waals surface area (Å²) in [6.07, 6.45) is 8.12. The van der Waals surface area contributed by atoms with E-state index in [1.807, 2.05) is 0 Å². The van der Waals surface area contributed by atoms with E-state index in [1.54, 1.807) is 0 Å². The highest BCUT2D eigenvalue weighted by atomic mass is 16.1. The first kappa shape index (κ1) is 12.2. The van der Waals surface area contributed by atoms with Crippen molar-refractivity contribution in [1.82, 2.24) is 0 Å². The quantitative estimate of drug-likeness (QED) is 0.332. The second-order valence-corrected chi connectivity index (χ2v) is 3.61. The maximum atomic E-state index is 10.1. The maximum Gasteiger partial charge on any atom is 0.120 e. The Kier molecular flexibility index (Phi) is 7.27. The monoisotopic (exact) mass is 180 g/mol.